The van der Waals surface area contributed by atoms with Gasteiger partial charge in [0.25, 0.3) is 0 Å². The van der Waals surface area contributed by atoms with Gasteiger partial charge in [0.15, 0.2) is 0 Å². The molecule has 0 fully saturated rings. The zero-order valence-corrected chi connectivity index (χ0v) is 12.8. The van der Waals surface area contributed by atoms with Crippen molar-refractivity contribution in [1.82, 2.24) is 9.97 Å². The molecular formula is C13H21N3O8. The van der Waals surface area contributed by atoms with Crippen LogP contribution in [0.4, 0.5) is 0 Å². The number of carboxylic acids is 4. The summed E-state index contributed by atoms with van der Waals surface area (Å²) in [6.45, 7) is 0.683. The van der Waals surface area contributed by atoms with Crippen molar-refractivity contribution in [2.24, 2.45) is 5.73 Å². The van der Waals surface area contributed by atoms with E-state index in [1.165, 1.54) is 0 Å². The molecule has 0 saturated carbocycles. The molecule has 0 aromatic carbocycles. The summed E-state index contributed by atoms with van der Waals surface area (Å²) in [7, 11) is 0. The molecule has 0 bridgehead atoms. The lowest BCUT2D eigenvalue weighted by Gasteiger charge is -1.86. The van der Waals surface area contributed by atoms with E-state index in [1.807, 2.05) is 0 Å². The third kappa shape index (κ3) is 21.4. The molecule has 0 radical (unpaired) electrons. The fourth-order valence-electron chi connectivity index (χ4n) is 1.00. The molecule has 11 heteroatoms. The first-order valence-corrected chi connectivity index (χ1v) is 6.73. The van der Waals surface area contributed by atoms with Crippen molar-refractivity contribution >= 4 is 23.9 Å². The Balaban J connectivity index is 0. The number of rotatable bonds is 8. The number of H-pyrrole nitrogens is 1. The summed E-state index contributed by atoms with van der Waals surface area (Å²) < 4.78 is 0. The first-order chi connectivity index (χ1) is 11.2. The summed E-state index contributed by atoms with van der Waals surface area (Å²) >= 11 is 0. The number of aromatic nitrogens is 2. The summed E-state index contributed by atoms with van der Waals surface area (Å²) in [6.07, 6.45) is 3.15. The largest absolute Gasteiger partial charge is 0.481 e. The fourth-order valence-corrected chi connectivity index (χ4v) is 1.00. The van der Waals surface area contributed by atoms with Gasteiger partial charge in [-0.2, -0.15) is 0 Å². The summed E-state index contributed by atoms with van der Waals surface area (Å²) in [5.74, 6) is -4.31. The predicted molar refractivity (Wildman–Crippen MR) is 80.4 cm³/mol. The summed E-state index contributed by atoms with van der Waals surface area (Å²) in [5, 5.41) is 31.6. The average molecular weight is 347 g/mol. The highest BCUT2D eigenvalue weighted by molar-refractivity contribution is 5.75. The smallest absolute Gasteiger partial charge is 0.303 e. The maximum atomic E-state index is 9.64. The topological polar surface area (TPSA) is 204 Å². The van der Waals surface area contributed by atoms with Crippen molar-refractivity contribution < 1.29 is 39.6 Å². The molecular weight excluding hydrogens is 326 g/mol. The van der Waals surface area contributed by atoms with Gasteiger partial charge in [0.1, 0.15) is 0 Å². The van der Waals surface area contributed by atoms with Crippen LogP contribution in [0.1, 0.15) is 31.4 Å². The van der Waals surface area contributed by atoms with E-state index in [4.69, 9.17) is 26.2 Å². The fraction of sp³-hybridized carbons (Fsp3) is 0.462. The molecule has 1 rings (SSSR count). The number of carbonyl (C=O) groups is 4. The van der Waals surface area contributed by atoms with E-state index in [0.29, 0.717) is 6.54 Å². The molecule has 0 atom stereocenters. The Morgan fingerprint density at radius 3 is 1.46 bits per heavy atom. The lowest BCUT2D eigenvalue weighted by Crippen LogP contribution is -2.02. The molecule has 1 aromatic heterocycles. The van der Waals surface area contributed by atoms with Gasteiger partial charge in [0.05, 0.1) is 32.0 Å². The molecule has 24 heavy (non-hydrogen) atoms. The maximum Gasteiger partial charge on any atom is 0.303 e. The van der Waals surface area contributed by atoms with Crippen molar-refractivity contribution in [1.29, 1.82) is 0 Å². The number of nitrogens with one attached hydrogen (secondary N) is 1. The number of aliphatic carboxylic acids is 4. The summed E-state index contributed by atoms with van der Waals surface area (Å²) in [4.78, 5) is 45.3. The zero-order valence-electron chi connectivity index (χ0n) is 12.8. The predicted octanol–water partition coefficient (Wildman–Crippen LogP) is -0.217. The van der Waals surface area contributed by atoms with Crippen LogP contribution in [0.15, 0.2) is 12.5 Å². The van der Waals surface area contributed by atoms with E-state index >= 15 is 0 Å². The van der Waals surface area contributed by atoms with Crippen molar-refractivity contribution in [3.05, 3.63) is 18.2 Å². The van der Waals surface area contributed by atoms with Crippen molar-refractivity contribution in [2.45, 2.75) is 32.1 Å². The van der Waals surface area contributed by atoms with Gasteiger partial charge in [0, 0.05) is 18.3 Å². The number of carboxylic acid groups (broad SMARTS) is 4. The van der Waals surface area contributed by atoms with Crippen LogP contribution >= 0.6 is 0 Å². The zero-order chi connectivity index (χ0) is 19.0. The first kappa shape index (κ1) is 23.3. The van der Waals surface area contributed by atoms with E-state index in [2.05, 4.69) is 9.97 Å². The molecule has 11 nitrogen and oxygen atoms in total. The highest BCUT2D eigenvalue weighted by atomic mass is 16.4. The van der Waals surface area contributed by atoms with E-state index in [9.17, 15) is 19.2 Å². The first-order valence-electron chi connectivity index (χ1n) is 6.73. The van der Waals surface area contributed by atoms with Crippen LogP contribution in [0.5, 0.6) is 0 Å². The molecule has 1 heterocycles. The molecule has 0 amide bonds. The highest BCUT2D eigenvalue weighted by Crippen LogP contribution is 1.88. The quantitative estimate of drug-likeness (QED) is 0.364. The number of nitrogens with two attached hydrogens (primary N) is 1. The monoisotopic (exact) mass is 347 g/mol. The van der Waals surface area contributed by atoms with Crippen LogP contribution in [0.2, 0.25) is 0 Å². The van der Waals surface area contributed by atoms with E-state index in [-0.39, 0.29) is 25.7 Å². The molecule has 0 aliphatic carbocycles. The Bertz CT molecular complexity index is 445. The molecule has 7 N–H and O–H groups in total. The van der Waals surface area contributed by atoms with E-state index < -0.39 is 23.9 Å². The molecule has 0 aliphatic rings. The lowest BCUT2D eigenvalue weighted by molar-refractivity contribution is -0.143. The number of imidazole rings is 1. The lowest BCUT2D eigenvalue weighted by atomic mass is 10.3. The second-order valence-electron chi connectivity index (χ2n) is 4.19. The van der Waals surface area contributed by atoms with Gasteiger partial charge < -0.3 is 31.1 Å². The van der Waals surface area contributed by atoms with Crippen LogP contribution in [0, 0.1) is 0 Å². The normalized spacial score (nSPS) is 8.88. The maximum absolute atomic E-state index is 9.64. The van der Waals surface area contributed by atoms with Gasteiger partial charge >= 0.3 is 23.9 Å². The van der Waals surface area contributed by atoms with Gasteiger partial charge in [-0.05, 0) is 6.54 Å². The third-order valence-electron chi connectivity index (χ3n) is 2.07. The number of nitrogens with zero attached hydrogens (tertiary/aromatic N) is 1. The number of hydrogen-bond donors (Lipinski definition) is 6. The van der Waals surface area contributed by atoms with Crippen LogP contribution in [-0.2, 0) is 25.6 Å². The molecule has 0 spiro atoms. The summed E-state index contributed by atoms with van der Waals surface area (Å²) in [6, 6.07) is 0. The van der Waals surface area contributed by atoms with Gasteiger partial charge in [-0.1, -0.05) is 0 Å². The average Bonchev–Trinajstić information content (AvgIpc) is 2.98. The van der Waals surface area contributed by atoms with Crippen LogP contribution < -0.4 is 5.73 Å². The Hall–Kier alpha value is -2.95. The third-order valence-corrected chi connectivity index (χ3v) is 2.07. The highest BCUT2D eigenvalue weighted by Gasteiger charge is 2.01. The minimum Gasteiger partial charge on any atom is -0.481 e. The minimum atomic E-state index is -1.08. The van der Waals surface area contributed by atoms with Crippen LogP contribution in [0.3, 0.4) is 0 Å². The second kappa shape index (κ2) is 15.0. The van der Waals surface area contributed by atoms with Gasteiger partial charge in [-0.3, -0.25) is 19.2 Å². The molecule has 136 valence electrons. The SMILES string of the molecule is NCCc1cnc[nH]1.O=C(O)CCC(=O)O.O=C(O)CCC(=O)O. The second-order valence-corrected chi connectivity index (χ2v) is 4.19. The molecule has 0 unspecified atom stereocenters. The number of aromatic amines is 1. The van der Waals surface area contributed by atoms with Gasteiger partial charge in [-0.15, -0.1) is 0 Å². The van der Waals surface area contributed by atoms with Crippen molar-refractivity contribution in [3.8, 4) is 0 Å². The Labute approximate surface area is 137 Å². The van der Waals surface area contributed by atoms with Gasteiger partial charge in [0.2, 0.25) is 0 Å². The Morgan fingerprint density at radius 2 is 1.25 bits per heavy atom. The van der Waals surface area contributed by atoms with Crippen LogP contribution in [-0.4, -0.2) is 60.8 Å². The Morgan fingerprint density at radius 1 is 0.875 bits per heavy atom. The van der Waals surface area contributed by atoms with Gasteiger partial charge in [-0.25, -0.2) is 4.98 Å². The number of hydrogen-bond acceptors (Lipinski definition) is 6. The van der Waals surface area contributed by atoms with E-state index in [1.54, 1.807) is 12.5 Å². The standard InChI is InChI=1S/C5H9N3.2C4H6O4/c6-2-1-5-3-7-4-8-5;2*5-3(6)1-2-4(7)8/h3-4H,1-2,6H2,(H,7,8);2*1-2H2,(H,5,6)(H,7,8). The summed E-state index contributed by atoms with van der Waals surface area (Å²) in [5.41, 5.74) is 6.38. The molecule has 1 aromatic rings. The van der Waals surface area contributed by atoms with Crippen LogP contribution in [0.25, 0.3) is 0 Å². The van der Waals surface area contributed by atoms with E-state index in [0.717, 1.165) is 12.1 Å². The van der Waals surface area contributed by atoms with Crippen molar-refractivity contribution in [2.75, 3.05) is 6.54 Å². The minimum absolute atomic E-state index is 0.296. The molecule has 0 saturated heterocycles. The Kier molecular flexibility index (Phi) is 14.5. The van der Waals surface area contributed by atoms with Crippen molar-refractivity contribution in [3.63, 3.8) is 0 Å². The molecule has 0 aliphatic heterocycles.